The lowest BCUT2D eigenvalue weighted by Gasteiger charge is -2.17. The van der Waals surface area contributed by atoms with Crippen molar-refractivity contribution in [2.75, 3.05) is 0 Å². The summed E-state index contributed by atoms with van der Waals surface area (Å²) in [6.07, 6.45) is -3.49. The number of rotatable bonds is 2. The summed E-state index contributed by atoms with van der Waals surface area (Å²) in [5.74, 6) is -7.86. The Balaban J connectivity index is 3.06. The zero-order valence-corrected chi connectivity index (χ0v) is 6.92. The van der Waals surface area contributed by atoms with E-state index in [1.165, 1.54) is 0 Å². The van der Waals surface area contributed by atoms with E-state index in [4.69, 9.17) is 0 Å². The average Bonchev–Trinajstić information content (AvgIpc) is 2.16. The van der Waals surface area contributed by atoms with Crippen LogP contribution in [0.15, 0.2) is 18.6 Å². The molecule has 0 N–H and O–H groups in total. The highest BCUT2D eigenvalue weighted by Gasteiger charge is 2.63. The van der Waals surface area contributed by atoms with Gasteiger partial charge >= 0.3 is 12.1 Å². The molecule has 0 spiro atoms. The van der Waals surface area contributed by atoms with Gasteiger partial charge in [0.1, 0.15) is 5.69 Å². The van der Waals surface area contributed by atoms with Crippen LogP contribution >= 0.6 is 0 Å². The fraction of sp³-hybridized carbons (Fsp3) is 0.286. The number of hydrogen-bond acceptors (Lipinski definition) is 3. The van der Waals surface area contributed by atoms with E-state index in [0.717, 1.165) is 12.4 Å². The molecule has 0 aliphatic rings. The molecule has 1 aromatic rings. The molecule has 0 aromatic carbocycles. The molecule has 0 amide bonds. The molecule has 15 heavy (non-hydrogen) atoms. The Hall–Kier alpha value is -1.60. The molecule has 1 aromatic heterocycles. The molecule has 0 atom stereocenters. The molecule has 82 valence electrons. The summed E-state index contributed by atoms with van der Waals surface area (Å²) in [6.45, 7) is 0. The van der Waals surface area contributed by atoms with Crippen molar-refractivity contribution < 1.29 is 26.7 Å². The summed E-state index contributed by atoms with van der Waals surface area (Å²) < 4.78 is 60.2. The zero-order valence-electron chi connectivity index (χ0n) is 6.92. The lowest BCUT2D eigenvalue weighted by Crippen LogP contribution is -2.44. The molecule has 3 nitrogen and oxygen atoms in total. The van der Waals surface area contributed by atoms with Gasteiger partial charge in [0.25, 0.3) is 5.78 Å². The Morgan fingerprint density at radius 1 is 1.13 bits per heavy atom. The van der Waals surface area contributed by atoms with E-state index in [1.54, 1.807) is 0 Å². The van der Waals surface area contributed by atoms with Crippen LogP contribution < -0.4 is 0 Å². The van der Waals surface area contributed by atoms with Gasteiger partial charge in [-0.2, -0.15) is 22.0 Å². The first-order valence-electron chi connectivity index (χ1n) is 3.52. The van der Waals surface area contributed by atoms with Crippen molar-refractivity contribution in [2.45, 2.75) is 12.1 Å². The first-order chi connectivity index (χ1) is 6.77. The third kappa shape index (κ3) is 2.08. The van der Waals surface area contributed by atoms with Crippen LogP contribution in [0.5, 0.6) is 0 Å². The summed E-state index contributed by atoms with van der Waals surface area (Å²) in [5.41, 5.74) is -1.03. The molecule has 0 saturated carbocycles. The van der Waals surface area contributed by atoms with Gasteiger partial charge in [0, 0.05) is 12.4 Å². The quantitative estimate of drug-likeness (QED) is 0.571. The maximum absolute atomic E-state index is 12.5. The van der Waals surface area contributed by atoms with Crippen LogP contribution in [0.2, 0.25) is 0 Å². The SMILES string of the molecule is O=C(c1cnccn1)C(F)(F)C(F)(F)F. The van der Waals surface area contributed by atoms with Crippen LogP contribution in [0.25, 0.3) is 0 Å². The van der Waals surface area contributed by atoms with Crippen molar-refractivity contribution in [3.63, 3.8) is 0 Å². The minimum absolute atomic E-state index is 0.544. The number of nitrogens with zero attached hydrogens (tertiary/aromatic N) is 2. The predicted molar refractivity (Wildman–Crippen MR) is 37.4 cm³/mol. The highest BCUT2D eigenvalue weighted by atomic mass is 19.4. The highest BCUT2D eigenvalue weighted by molar-refractivity contribution is 6.00. The summed E-state index contributed by atoms with van der Waals surface area (Å²) >= 11 is 0. The van der Waals surface area contributed by atoms with Crippen LogP contribution in [0.1, 0.15) is 10.5 Å². The molecule has 0 bridgehead atoms. The smallest absolute Gasteiger partial charge is 0.285 e. The molecular weight excluding hydrogens is 223 g/mol. The van der Waals surface area contributed by atoms with E-state index in [0.29, 0.717) is 6.20 Å². The van der Waals surface area contributed by atoms with E-state index in [2.05, 4.69) is 9.97 Å². The van der Waals surface area contributed by atoms with Crippen LogP contribution in [0.3, 0.4) is 0 Å². The number of halogens is 5. The Bertz CT molecular complexity index is 361. The maximum Gasteiger partial charge on any atom is 0.461 e. The number of Topliss-reactive ketones (excluding diaryl/α,β-unsaturated/α-hetero) is 1. The van der Waals surface area contributed by atoms with E-state index < -0.39 is 23.6 Å². The molecule has 0 aliphatic heterocycles. The van der Waals surface area contributed by atoms with Crippen molar-refractivity contribution in [1.29, 1.82) is 0 Å². The van der Waals surface area contributed by atoms with Gasteiger partial charge in [-0.1, -0.05) is 0 Å². The maximum atomic E-state index is 12.5. The van der Waals surface area contributed by atoms with Crippen molar-refractivity contribution in [3.8, 4) is 0 Å². The molecule has 0 unspecified atom stereocenters. The Labute approximate surface area is 80.0 Å². The second kappa shape index (κ2) is 3.52. The number of ketones is 1. The fourth-order valence-electron chi connectivity index (χ4n) is 0.706. The first kappa shape index (κ1) is 11.5. The summed E-state index contributed by atoms with van der Waals surface area (Å²) in [6, 6.07) is 0. The van der Waals surface area contributed by atoms with Gasteiger partial charge in [0.2, 0.25) is 0 Å². The number of alkyl halides is 5. The van der Waals surface area contributed by atoms with Gasteiger partial charge in [-0.25, -0.2) is 4.98 Å². The van der Waals surface area contributed by atoms with E-state index in [9.17, 15) is 26.7 Å². The van der Waals surface area contributed by atoms with Crippen LogP contribution in [-0.2, 0) is 0 Å². The van der Waals surface area contributed by atoms with Gasteiger partial charge in [-0.3, -0.25) is 9.78 Å². The second-order valence-corrected chi connectivity index (χ2v) is 2.49. The van der Waals surface area contributed by atoms with Crippen molar-refractivity contribution in [1.82, 2.24) is 9.97 Å². The molecule has 0 saturated heterocycles. The molecule has 1 heterocycles. The Morgan fingerprint density at radius 2 is 1.73 bits per heavy atom. The molecule has 8 heteroatoms. The van der Waals surface area contributed by atoms with Gasteiger partial charge in [-0.05, 0) is 0 Å². The lowest BCUT2D eigenvalue weighted by molar-refractivity contribution is -0.255. The second-order valence-electron chi connectivity index (χ2n) is 2.49. The van der Waals surface area contributed by atoms with Gasteiger partial charge in [-0.15, -0.1) is 0 Å². The minimum atomic E-state index is -5.93. The number of carbonyl (C=O) groups is 1. The summed E-state index contributed by atoms with van der Waals surface area (Å²) in [5, 5.41) is 0. The van der Waals surface area contributed by atoms with Crippen LogP contribution in [0, 0.1) is 0 Å². The summed E-state index contributed by atoms with van der Waals surface area (Å²) in [4.78, 5) is 17.0. The van der Waals surface area contributed by atoms with E-state index >= 15 is 0 Å². The number of carbonyl (C=O) groups excluding carboxylic acids is 1. The van der Waals surface area contributed by atoms with Crippen molar-refractivity contribution >= 4 is 5.78 Å². The molecule has 0 aliphatic carbocycles. The van der Waals surface area contributed by atoms with E-state index in [1.807, 2.05) is 0 Å². The summed E-state index contributed by atoms with van der Waals surface area (Å²) in [7, 11) is 0. The first-order valence-corrected chi connectivity index (χ1v) is 3.52. The Kier molecular flexibility index (Phi) is 2.69. The molecular formula is C7H3F5N2O. The molecule has 0 fully saturated rings. The molecule has 0 radical (unpaired) electrons. The third-order valence-electron chi connectivity index (χ3n) is 1.44. The fourth-order valence-corrected chi connectivity index (χ4v) is 0.706. The highest BCUT2D eigenvalue weighted by Crippen LogP contribution is 2.37. The molecule has 1 rings (SSSR count). The van der Waals surface area contributed by atoms with Gasteiger partial charge < -0.3 is 0 Å². The van der Waals surface area contributed by atoms with Crippen LogP contribution in [-0.4, -0.2) is 27.9 Å². The third-order valence-corrected chi connectivity index (χ3v) is 1.44. The van der Waals surface area contributed by atoms with Crippen LogP contribution in [0.4, 0.5) is 22.0 Å². The largest absolute Gasteiger partial charge is 0.461 e. The lowest BCUT2D eigenvalue weighted by atomic mass is 10.1. The van der Waals surface area contributed by atoms with E-state index in [-0.39, 0.29) is 0 Å². The average molecular weight is 226 g/mol. The number of hydrogen-bond donors (Lipinski definition) is 0. The normalized spacial score (nSPS) is 12.6. The van der Waals surface area contributed by atoms with Gasteiger partial charge in [0.15, 0.2) is 0 Å². The minimum Gasteiger partial charge on any atom is -0.285 e. The van der Waals surface area contributed by atoms with Crippen molar-refractivity contribution in [3.05, 3.63) is 24.3 Å². The standard InChI is InChI=1S/C7H3F5N2O/c8-6(9,7(10,11)12)5(15)4-3-13-1-2-14-4/h1-3H. The van der Waals surface area contributed by atoms with Crippen molar-refractivity contribution in [2.24, 2.45) is 0 Å². The van der Waals surface area contributed by atoms with Gasteiger partial charge in [0.05, 0.1) is 6.20 Å². The zero-order chi connectivity index (χ0) is 11.7. The predicted octanol–water partition coefficient (Wildman–Crippen LogP) is 1.86. The Morgan fingerprint density at radius 3 is 2.13 bits per heavy atom. The monoisotopic (exact) mass is 226 g/mol. The topological polar surface area (TPSA) is 42.9 Å². The number of aromatic nitrogens is 2.